The van der Waals surface area contributed by atoms with Crippen molar-refractivity contribution in [2.75, 3.05) is 0 Å². The zero-order valence-corrected chi connectivity index (χ0v) is 15.9. The van der Waals surface area contributed by atoms with E-state index in [4.69, 9.17) is 13.8 Å². The van der Waals surface area contributed by atoms with Gasteiger partial charge in [0.15, 0.2) is 6.04 Å². The zero-order valence-electron chi connectivity index (χ0n) is 15.0. The summed E-state index contributed by atoms with van der Waals surface area (Å²) in [6.45, 7) is 5.87. The summed E-state index contributed by atoms with van der Waals surface area (Å²) in [7, 11) is -4.55. The van der Waals surface area contributed by atoms with Crippen molar-refractivity contribution >= 4 is 19.9 Å². The molecule has 26 heavy (non-hydrogen) atoms. The van der Waals surface area contributed by atoms with Gasteiger partial charge >= 0.3 is 19.9 Å². The fourth-order valence-electron chi connectivity index (χ4n) is 1.85. The van der Waals surface area contributed by atoms with Crippen LogP contribution in [0.15, 0.2) is 30.3 Å². The first-order valence-corrected chi connectivity index (χ1v) is 9.31. The number of amides is 1. The van der Waals surface area contributed by atoms with Gasteiger partial charge in [-0.1, -0.05) is 30.3 Å². The van der Waals surface area contributed by atoms with E-state index >= 15 is 0 Å². The molecule has 3 atom stereocenters. The van der Waals surface area contributed by atoms with Gasteiger partial charge in [0.2, 0.25) is 0 Å². The molecule has 10 heteroatoms. The second-order valence-corrected chi connectivity index (χ2v) is 7.91. The van der Waals surface area contributed by atoms with Crippen molar-refractivity contribution in [1.29, 1.82) is 0 Å². The lowest BCUT2D eigenvalue weighted by Gasteiger charge is -2.25. The number of hydrogen-bond acceptors (Lipinski definition) is 6. The number of rotatable bonds is 8. The van der Waals surface area contributed by atoms with Gasteiger partial charge in [0, 0.05) is 0 Å². The standard InChI is InChI=1S/C16H24NO8P/c1-11(13(14(18)19)17-15(20)24-16(2,3)4)25-26(21,22)23-10-12-8-6-5-7-9-12/h5-9,11,13H,10H2,1-4H3,(H,17,20)(H,18,19)(H,21,22)/t11-,13+/m1/s1. The average Bonchev–Trinajstić information content (AvgIpc) is 2.49. The summed E-state index contributed by atoms with van der Waals surface area (Å²) < 4.78 is 26.7. The molecule has 0 aromatic heterocycles. The molecule has 146 valence electrons. The van der Waals surface area contributed by atoms with Crippen LogP contribution in [0, 0.1) is 0 Å². The van der Waals surface area contributed by atoms with Crippen molar-refractivity contribution in [2.45, 2.75) is 52.0 Å². The summed E-state index contributed by atoms with van der Waals surface area (Å²) in [4.78, 5) is 32.9. The Labute approximate surface area is 151 Å². The number of phosphoric acid groups is 1. The molecular weight excluding hydrogens is 365 g/mol. The van der Waals surface area contributed by atoms with E-state index in [1.165, 1.54) is 6.92 Å². The Morgan fingerprint density at radius 2 is 1.81 bits per heavy atom. The number of phosphoric ester groups is 1. The van der Waals surface area contributed by atoms with Gasteiger partial charge in [0.05, 0.1) is 12.7 Å². The largest absolute Gasteiger partial charge is 0.480 e. The van der Waals surface area contributed by atoms with Crippen LogP contribution < -0.4 is 5.32 Å². The van der Waals surface area contributed by atoms with Crippen molar-refractivity contribution in [2.24, 2.45) is 0 Å². The minimum absolute atomic E-state index is 0.196. The highest BCUT2D eigenvalue weighted by Gasteiger charge is 2.35. The quantitative estimate of drug-likeness (QED) is 0.578. The van der Waals surface area contributed by atoms with Gasteiger partial charge in [-0.05, 0) is 33.3 Å². The molecule has 0 radical (unpaired) electrons. The second-order valence-electron chi connectivity index (χ2n) is 6.50. The molecule has 3 N–H and O–H groups in total. The topological polar surface area (TPSA) is 131 Å². The third-order valence-corrected chi connectivity index (χ3v) is 4.00. The maximum absolute atomic E-state index is 12.0. The molecule has 0 heterocycles. The van der Waals surface area contributed by atoms with Crippen molar-refractivity contribution in [3.8, 4) is 0 Å². The Bertz CT molecular complexity index is 658. The van der Waals surface area contributed by atoms with Crippen molar-refractivity contribution in [3.05, 3.63) is 35.9 Å². The molecule has 0 bridgehead atoms. The van der Waals surface area contributed by atoms with Gasteiger partial charge in [-0.25, -0.2) is 14.2 Å². The molecule has 0 saturated heterocycles. The van der Waals surface area contributed by atoms with Crippen molar-refractivity contribution < 1.29 is 37.9 Å². The summed E-state index contributed by atoms with van der Waals surface area (Å²) in [6.07, 6.45) is -2.34. The van der Waals surface area contributed by atoms with Crippen LogP contribution >= 0.6 is 7.82 Å². The molecule has 0 saturated carbocycles. The Balaban J connectivity index is 2.67. The zero-order chi connectivity index (χ0) is 20.0. The van der Waals surface area contributed by atoms with E-state index in [0.29, 0.717) is 5.56 Å². The van der Waals surface area contributed by atoms with Crippen LogP contribution in [0.3, 0.4) is 0 Å². The van der Waals surface area contributed by atoms with Gasteiger partial charge in [-0.15, -0.1) is 0 Å². The maximum Gasteiger partial charge on any atom is 0.472 e. The number of hydrogen-bond donors (Lipinski definition) is 3. The van der Waals surface area contributed by atoms with Crippen LogP contribution in [0.4, 0.5) is 4.79 Å². The fourth-order valence-corrected chi connectivity index (χ4v) is 2.76. The third kappa shape index (κ3) is 8.44. The molecular formula is C16H24NO8P. The van der Waals surface area contributed by atoms with Gasteiger partial charge in [0.1, 0.15) is 5.60 Å². The Kier molecular flexibility index (Phi) is 7.77. The lowest BCUT2D eigenvalue weighted by Crippen LogP contribution is -2.49. The van der Waals surface area contributed by atoms with Gasteiger partial charge in [-0.2, -0.15) is 0 Å². The minimum Gasteiger partial charge on any atom is -0.480 e. The first-order chi connectivity index (χ1) is 11.9. The molecule has 0 fully saturated rings. The normalized spacial score (nSPS) is 16.2. The number of nitrogens with one attached hydrogen (secondary N) is 1. The number of carboxylic acid groups (broad SMARTS) is 1. The number of aliphatic carboxylic acids is 1. The van der Waals surface area contributed by atoms with Crippen molar-refractivity contribution in [3.63, 3.8) is 0 Å². The highest BCUT2D eigenvalue weighted by atomic mass is 31.2. The summed E-state index contributed by atoms with van der Waals surface area (Å²) in [6, 6.07) is 7.01. The highest BCUT2D eigenvalue weighted by Crippen LogP contribution is 2.45. The number of carbonyl (C=O) groups excluding carboxylic acids is 1. The third-order valence-electron chi connectivity index (χ3n) is 2.94. The molecule has 1 aromatic carbocycles. The smallest absolute Gasteiger partial charge is 0.472 e. The Hall–Kier alpha value is -1.93. The van der Waals surface area contributed by atoms with Crippen LogP contribution in [-0.2, 0) is 29.8 Å². The summed E-state index contributed by atoms with van der Waals surface area (Å²) in [5.41, 5.74) is -0.192. The van der Waals surface area contributed by atoms with Crippen LogP contribution in [-0.4, -0.2) is 39.8 Å². The molecule has 9 nitrogen and oxygen atoms in total. The molecule has 0 aliphatic rings. The fraction of sp³-hybridized carbons (Fsp3) is 0.500. The lowest BCUT2D eigenvalue weighted by atomic mass is 10.2. The SMILES string of the molecule is C[C@@H](OP(=O)(O)OCc1ccccc1)[C@H](NC(=O)OC(C)(C)C)C(=O)O. The van der Waals surface area contributed by atoms with E-state index in [1.54, 1.807) is 51.1 Å². The number of benzene rings is 1. The van der Waals surface area contributed by atoms with Crippen molar-refractivity contribution in [1.82, 2.24) is 5.32 Å². The molecule has 1 rings (SSSR count). The maximum atomic E-state index is 12.0. The lowest BCUT2D eigenvalue weighted by molar-refractivity contribution is -0.141. The van der Waals surface area contributed by atoms with Gasteiger partial charge in [0.25, 0.3) is 0 Å². The van der Waals surface area contributed by atoms with E-state index in [2.05, 4.69) is 5.32 Å². The number of ether oxygens (including phenoxy) is 1. The van der Waals surface area contributed by atoms with E-state index in [9.17, 15) is 24.2 Å². The molecule has 0 spiro atoms. The van der Waals surface area contributed by atoms with Crippen LogP contribution in [0.2, 0.25) is 0 Å². The van der Waals surface area contributed by atoms with E-state index in [1.807, 2.05) is 0 Å². The van der Waals surface area contributed by atoms with Gasteiger partial charge < -0.3 is 20.1 Å². The Morgan fingerprint density at radius 3 is 2.31 bits per heavy atom. The highest BCUT2D eigenvalue weighted by molar-refractivity contribution is 7.47. The van der Waals surface area contributed by atoms with E-state index in [-0.39, 0.29) is 6.61 Å². The summed E-state index contributed by atoms with van der Waals surface area (Å²) in [5.74, 6) is -1.45. The van der Waals surface area contributed by atoms with Gasteiger partial charge in [-0.3, -0.25) is 9.05 Å². The van der Waals surface area contributed by atoms with Crippen LogP contribution in [0.25, 0.3) is 0 Å². The molecule has 0 aliphatic carbocycles. The number of carbonyl (C=O) groups is 2. The van der Waals surface area contributed by atoms with E-state index < -0.39 is 37.6 Å². The molecule has 0 aliphatic heterocycles. The monoisotopic (exact) mass is 389 g/mol. The van der Waals surface area contributed by atoms with Crippen LogP contribution in [0.5, 0.6) is 0 Å². The predicted octanol–water partition coefficient (Wildman–Crippen LogP) is 2.69. The average molecular weight is 389 g/mol. The molecule has 1 amide bonds. The number of carboxylic acids is 1. The Morgan fingerprint density at radius 1 is 1.23 bits per heavy atom. The predicted molar refractivity (Wildman–Crippen MR) is 92.4 cm³/mol. The number of alkyl carbamates (subject to hydrolysis) is 1. The minimum atomic E-state index is -4.55. The molecule has 1 unspecified atom stereocenters. The summed E-state index contributed by atoms with van der Waals surface area (Å²) in [5, 5.41) is 11.3. The van der Waals surface area contributed by atoms with E-state index in [0.717, 1.165) is 0 Å². The summed E-state index contributed by atoms with van der Waals surface area (Å²) >= 11 is 0. The molecule has 1 aromatic rings. The van der Waals surface area contributed by atoms with Crippen LogP contribution in [0.1, 0.15) is 33.3 Å². The first-order valence-electron chi connectivity index (χ1n) is 7.81. The first kappa shape index (κ1) is 22.1. The second kappa shape index (κ2) is 9.14.